The summed E-state index contributed by atoms with van der Waals surface area (Å²) >= 11 is 0. The molecular weight excluding hydrogens is 358 g/mol. The highest BCUT2D eigenvalue weighted by Crippen LogP contribution is 2.28. The number of ether oxygens (including phenoxy) is 1. The normalized spacial score (nSPS) is 15.0. The zero-order valence-corrected chi connectivity index (χ0v) is 15.5. The summed E-state index contributed by atoms with van der Waals surface area (Å²) in [5, 5.41) is 0.437. The van der Waals surface area contributed by atoms with E-state index in [-0.39, 0.29) is 17.4 Å². The first-order chi connectivity index (χ1) is 13.6. The Bertz CT molecular complexity index is 1090. The molecule has 28 heavy (non-hydrogen) atoms. The fourth-order valence-electron chi connectivity index (χ4n) is 3.61. The molecule has 1 aliphatic rings. The van der Waals surface area contributed by atoms with Gasteiger partial charge in [-0.05, 0) is 42.2 Å². The van der Waals surface area contributed by atoms with E-state index in [0.717, 1.165) is 11.1 Å². The Morgan fingerprint density at radius 2 is 2.07 bits per heavy atom. The van der Waals surface area contributed by atoms with Crippen molar-refractivity contribution in [3.63, 3.8) is 0 Å². The van der Waals surface area contributed by atoms with Gasteiger partial charge < -0.3 is 15.4 Å². The predicted molar refractivity (Wildman–Crippen MR) is 106 cm³/mol. The number of fused-ring (bicyclic) bond motifs is 1. The van der Waals surface area contributed by atoms with Crippen LogP contribution in [0.1, 0.15) is 12.8 Å². The van der Waals surface area contributed by atoms with Gasteiger partial charge in [0, 0.05) is 25.2 Å². The van der Waals surface area contributed by atoms with E-state index >= 15 is 0 Å². The number of piperidine rings is 1. The van der Waals surface area contributed by atoms with Crippen LogP contribution in [0, 0.1) is 5.92 Å². The summed E-state index contributed by atoms with van der Waals surface area (Å²) in [4.78, 5) is 38.0. The molecule has 1 aliphatic heterocycles. The Hall–Kier alpha value is -3.42. The van der Waals surface area contributed by atoms with E-state index in [1.807, 2.05) is 29.2 Å². The quantitative estimate of drug-likeness (QED) is 0.713. The van der Waals surface area contributed by atoms with E-state index in [4.69, 9.17) is 10.5 Å². The van der Waals surface area contributed by atoms with Gasteiger partial charge in [-0.15, -0.1) is 0 Å². The predicted octanol–water partition coefficient (Wildman–Crippen LogP) is 1.70. The maximum absolute atomic E-state index is 12.9. The number of methoxy groups -OCH3 is 1. The summed E-state index contributed by atoms with van der Waals surface area (Å²) < 4.78 is 5.29. The number of H-pyrrole nitrogens is 1. The van der Waals surface area contributed by atoms with Crippen LogP contribution in [-0.2, 0) is 4.79 Å². The van der Waals surface area contributed by atoms with Gasteiger partial charge in [0.2, 0.25) is 11.9 Å². The Kier molecular flexibility index (Phi) is 4.68. The van der Waals surface area contributed by atoms with Crippen molar-refractivity contribution in [1.29, 1.82) is 0 Å². The van der Waals surface area contributed by atoms with Gasteiger partial charge >= 0.3 is 0 Å². The summed E-state index contributed by atoms with van der Waals surface area (Å²) in [6.45, 7) is 1.22. The number of nitrogens with two attached hydrogens (primary N) is 1. The summed E-state index contributed by atoms with van der Waals surface area (Å²) in [7, 11) is 1.60. The van der Waals surface area contributed by atoms with Gasteiger partial charge in [0.25, 0.3) is 5.56 Å². The average molecular weight is 379 g/mol. The number of nitrogens with zero attached hydrogens (tertiary/aromatic N) is 3. The van der Waals surface area contributed by atoms with Gasteiger partial charge in [0.15, 0.2) is 5.65 Å². The second kappa shape index (κ2) is 7.30. The van der Waals surface area contributed by atoms with Crippen LogP contribution in [0.2, 0.25) is 0 Å². The number of nitrogens with one attached hydrogen (secondary N) is 1. The first-order valence-corrected chi connectivity index (χ1v) is 9.14. The number of hydrogen-bond donors (Lipinski definition) is 2. The molecule has 1 fully saturated rings. The third-order valence-electron chi connectivity index (χ3n) is 5.17. The van der Waals surface area contributed by atoms with E-state index in [9.17, 15) is 9.59 Å². The fraction of sp³-hybridized carbons (Fsp3) is 0.300. The molecule has 0 atom stereocenters. The Morgan fingerprint density at radius 1 is 1.29 bits per heavy atom. The molecule has 3 aromatic rings. The third kappa shape index (κ3) is 3.28. The van der Waals surface area contributed by atoms with Crippen LogP contribution in [0.15, 0.2) is 41.3 Å². The molecule has 4 rings (SSSR count). The maximum Gasteiger partial charge on any atom is 0.262 e. The molecule has 0 unspecified atom stereocenters. The zero-order valence-electron chi connectivity index (χ0n) is 15.5. The van der Waals surface area contributed by atoms with Crippen LogP contribution in [0.3, 0.4) is 0 Å². The van der Waals surface area contributed by atoms with Crippen LogP contribution >= 0.6 is 0 Å². The second-order valence-corrected chi connectivity index (χ2v) is 6.84. The summed E-state index contributed by atoms with van der Waals surface area (Å²) in [6, 6.07) is 9.31. The molecule has 8 heteroatoms. The van der Waals surface area contributed by atoms with Crippen molar-refractivity contribution >= 4 is 22.9 Å². The number of benzene rings is 1. The van der Waals surface area contributed by atoms with Gasteiger partial charge in [0.1, 0.15) is 5.75 Å². The Balaban J connectivity index is 1.73. The van der Waals surface area contributed by atoms with E-state index in [2.05, 4.69) is 15.0 Å². The number of carbonyl (C=O) groups is 1. The van der Waals surface area contributed by atoms with Crippen LogP contribution < -0.4 is 20.9 Å². The van der Waals surface area contributed by atoms with E-state index < -0.39 is 0 Å². The molecule has 1 aromatic carbocycles. The molecular formula is C20H21N5O3. The highest BCUT2D eigenvalue weighted by Gasteiger charge is 2.25. The highest BCUT2D eigenvalue weighted by molar-refractivity contribution is 5.92. The molecule has 1 amide bonds. The van der Waals surface area contributed by atoms with Crippen molar-refractivity contribution in [2.24, 2.45) is 11.7 Å². The van der Waals surface area contributed by atoms with Crippen LogP contribution in [0.25, 0.3) is 22.2 Å². The van der Waals surface area contributed by atoms with E-state index in [0.29, 0.717) is 48.7 Å². The SMILES string of the molecule is COc1cccc(-c2ccnc3nc(N4CCC(C(N)=O)CC4)[nH]c(=O)c23)c1. The van der Waals surface area contributed by atoms with E-state index in [1.165, 1.54) is 0 Å². The number of carbonyl (C=O) groups excluding carboxylic acids is 1. The topological polar surface area (TPSA) is 114 Å². The van der Waals surface area contributed by atoms with Crippen molar-refractivity contribution in [2.75, 3.05) is 25.1 Å². The molecule has 144 valence electrons. The Morgan fingerprint density at radius 3 is 2.79 bits per heavy atom. The molecule has 0 bridgehead atoms. The summed E-state index contributed by atoms with van der Waals surface area (Å²) in [5.41, 5.74) is 7.13. The number of pyridine rings is 1. The number of rotatable bonds is 4. The fourth-order valence-corrected chi connectivity index (χ4v) is 3.61. The lowest BCUT2D eigenvalue weighted by molar-refractivity contribution is -0.122. The monoisotopic (exact) mass is 379 g/mol. The van der Waals surface area contributed by atoms with Gasteiger partial charge in [-0.1, -0.05) is 12.1 Å². The molecule has 0 spiro atoms. The minimum atomic E-state index is -0.274. The largest absolute Gasteiger partial charge is 0.497 e. The Labute approximate surface area is 161 Å². The van der Waals surface area contributed by atoms with Crippen LogP contribution in [0.4, 0.5) is 5.95 Å². The highest BCUT2D eigenvalue weighted by atomic mass is 16.5. The minimum Gasteiger partial charge on any atom is -0.497 e. The van der Waals surface area contributed by atoms with Crippen molar-refractivity contribution in [1.82, 2.24) is 15.0 Å². The lowest BCUT2D eigenvalue weighted by atomic mass is 9.96. The molecule has 0 saturated carbocycles. The number of primary amides is 1. The molecule has 3 N–H and O–H groups in total. The molecule has 3 heterocycles. The summed E-state index contributed by atoms with van der Waals surface area (Å²) in [5.74, 6) is 0.780. The number of aromatic nitrogens is 3. The molecule has 8 nitrogen and oxygen atoms in total. The first-order valence-electron chi connectivity index (χ1n) is 9.14. The van der Waals surface area contributed by atoms with Crippen molar-refractivity contribution in [3.8, 4) is 16.9 Å². The smallest absolute Gasteiger partial charge is 0.262 e. The van der Waals surface area contributed by atoms with Crippen molar-refractivity contribution in [2.45, 2.75) is 12.8 Å². The second-order valence-electron chi connectivity index (χ2n) is 6.84. The molecule has 1 saturated heterocycles. The lowest BCUT2D eigenvalue weighted by Gasteiger charge is -2.30. The molecule has 0 radical (unpaired) electrons. The number of aromatic amines is 1. The molecule has 0 aliphatic carbocycles. The van der Waals surface area contributed by atoms with E-state index in [1.54, 1.807) is 19.4 Å². The van der Waals surface area contributed by atoms with Crippen LogP contribution in [0.5, 0.6) is 5.75 Å². The van der Waals surface area contributed by atoms with Crippen molar-refractivity contribution < 1.29 is 9.53 Å². The minimum absolute atomic E-state index is 0.124. The zero-order chi connectivity index (χ0) is 19.7. The van der Waals surface area contributed by atoms with Gasteiger partial charge in [-0.2, -0.15) is 4.98 Å². The van der Waals surface area contributed by atoms with Gasteiger partial charge in [-0.3, -0.25) is 14.6 Å². The van der Waals surface area contributed by atoms with Crippen molar-refractivity contribution in [3.05, 3.63) is 46.9 Å². The van der Waals surface area contributed by atoms with Gasteiger partial charge in [-0.25, -0.2) is 4.98 Å². The van der Waals surface area contributed by atoms with Gasteiger partial charge in [0.05, 0.1) is 12.5 Å². The number of hydrogen-bond acceptors (Lipinski definition) is 6. The number of anilines is 1. The maximum atomic E-state index is 12.9. The molecule has 2 aromatic heterocycles. The first kappa shape index (κ1) is 18.0. The summed E-state index contributed by atoms with van der Waals surface area (Å²) in [6.07, 6.45) is 2.94. The van der Waals surface area contributed by atoms with Crippen LogP contribution in [-0.4, -0.2) is 41.1 Å². The lowest BCUT2D eigenvalue weighted by Crippen LogP contribution is -2.40. The number of amides is 1. The average Bonchev–Trinajstić information content (AvgIpc) is 2.73. The standard InChI is InChI=1S/C20H21N5O3/c1-28-14-4-2-3-13(11-14)15-5-8-22-18-16(15)19(27)24-20(23-18)25-9-6-12(7-10-25)17(21)26/h2-5,8,11-12H,6-7,9-10H2,1H3,(H2,21,26)(H,22,23,24,27). The third-order valence-corrected chi connectivity index (χ3v) is 5.17.